The van der Waals surface area contributed by atoms with Crippen molar-refractivity contribution in [2.45, 2.75) is 39.0 Å². The molecule has 86 valence electrons. The number of alkyl halides is 1. The molecule has 1 atom stereocenters. The van der Waals surface area contributed by atoms with E-state index in [0.29, 0.717) is 5.92 Å². The van der Waals surface area contributed by atoms with Crippen LogP contribution in [0.1, 0.15) is 49.1 Å². The van der Waals surface area contributed by atoms with Gasteiger partial charge in [0.05, 0.1) is 16.8 Å². The number of hydrogen-bond acceptors (Lipinski definition) is 1. The number of aryl methyl sites for hydroxylation is 1. The molecule has 3 heteroatoms. The smallest absolute Gasteiger partial charge is 0.137 e. The van der Waals surface area contributed by atoms with E-state index in [0.717, 1.165) is 17.0 Å². The van der Waals surface area contributed by atoms with Gasteiger partial charge in [-0.3, -0.25) is 4.40 Å². The van der Waals surface area contributed by atoms with Gasteiger partial charge in [0.2, 0.25) is 0 Å². The van der Waals surface area contributed by atoms with E-state index in [9.17, 15) is 0 Å². The minimum atomic E-state index is -0.0199. The van der Waals surface area contributed by atoms with Crippen molar-refractivity contribution >= 4 is 17.2 Å². The Bertz CT molecular complexity index is 512. The third kappa shape index (κ3) is 1.71. The fourth-order valence-electron chi connectivity index (χ4n) is 2.11. The average Bonchev–Trinajstić information content (AvgIpc) is 2.58. The molecular weight excluding hydrogens is 220 g/mol. The molecule has 16 heavy (non-hydrogen) atoms. The first-order valence-corrected chi connectivity index (χ1v) is 6.08. The Labute approximate surface area is 101 Å². The lowest BCUT2D eigenvalue weighted by atomic mass is 10.1. The molecule has 0 saturated carbocycles. The average molecular weight is 237 g/mol. The van der Waals surface area contributed by atoms with E-state index in [1.807, 2.05) is 19.1 Å². The van der Waals surface area contributed by atoms with Crippen molar-refractivity contribution in [3.63, 3.8) is 0 Å². The highest BCUT2D eigenvalue weighted by Crippen LogP contribution is 2.30. The molecule has 0 radical (unpaired) electrons. The summed E-state index contributed by atoms with van der Waals surface area (Å²) in [5.74, 6) is 0.399. The van der Waals surface area contributed by atoms with Gasteiger partial charge in [0, 0.05) is 5.69 Å². The Morgan fingerprint density at radius 1 is 1.25 bits per heavy atom. The molecule has 0 spiro atoms. The van der Waals surface area contributed by atoms with Crippen molar-refractivity contribution < 1.29 is 0 Å². The summed E-state index contributed by atoms with van der Waals surface area (Å²) in [5.41, 5.74) is 4.41. The van der Waals surface area contributed by atoms with Crippen LogP contribution in [0, 0.1) is 6.92 Å². The highest BCUT2D eigenvalue weighted by atomic mass is 35.5. The van der Waals surface area contributed by atoms with Gasteiger partial charge >= 0.3 is 0 Å². The third-order valence-electron chi connectivity index (χ3n) is 2.83. The van der Waals surface area contributed by atoms with E-state index >= 15 is 0 Å². The fourth-order valence-corrected chi connectivity index (χ4v) is 2.32. The van der Waals surface area contributed by atoms with Crippen LogP contribution in [0.3, 0.4) is 0 Å². The second kappa shape index (κ2) is 4.10. The maximum atomic E-state index is 6.28. The standard InChI is InChI=1S/C13H17ClN2/c1-8(2)12-13(10(4)14)16-9(3)6-5-7-11(16)15-12/h5-8,10H,1-4H3. The van der Waals surface area contributed by atoms with Crippen molar-refractivity contribution in [2.75, 3.05) is 0 Å². The molecule has 0 aliphatic rings. The normalized spacial score (nSPS) is 13.6. The highest BCUT2D eigenvalue weighted by molar-refractivity contribution is 6.20. The Morgan fingerprint density at radius 3 is 2.50 bits per heavy atom. The zero-order valence-electron chi connectivity index (χ0n) is 10.2. The van der Waals surface area contributed by atoms with Gasteiger partial charge in [-0.25, -0.2) is 4.98 Å². The van der Waals surface area contributed by atoms with Crippen LogP contribution in [0.25, 0.3) is 5.65 Å². The van der Waals surface area contributed by atoms with E-state index in [1.165, 1.54) is 5.69 Å². The zero-order valence-corrected chi connectivity index (χ0v) is 10.9. The lowest BCUT2D eigenvalue weighted by Crippen LogP contribution is -2.01. The number of fused-ring (bicyclic) bond motifs is 1. The molecule has 2 nitrogen and oxygen atoms in total. The van der Waals surface area contributed by atoms with Crippen LogP contribution < -0.4 is 0 Å². The summed E-state index contributed by atoms with van der Waals surface area (Å²) < 4.78 is 2.16. The number of hydrogen-bond donors (Lipinski definition) is 0. The summed E-state index contributed by atoms with van der Waals surface area (Å²) in [5, 5.41) is -0.0199. The molecule has 0 aromatic carbocycles. The van der Waals surface area contributed by atoms with Gasteiger partial charge in [0.1, 0.15) is 5.65 Å². The zero-order chi connectivity index (χ0) is 11.9. The van der Waals surface area contributed by atoms with E-state index in [4.69, 9.17) is 11.6 Å². The van der Waals surface area contributed by atoms with E-state index in [2.05, 4.69) is 36.2 Å². The van der Waals surface area contributed by atoms with E-state index in [-0.39, 0.29) is 5.38 Å². The largest absolute Gasteiger partial charge is 0.300 e. The van der Waals surface area contributed by atoms with Crippen LogP contribution in [0.15, 0.2) is 18.2 Å². The summed E-state index contributed by atoms with van der Waals surface area (Å²) in [4.78, 5) is 4.67. The molecule has 2 aromatic rings. The molecule has 0 aliphatic carbocycles. The summed E-state index contributed by atoms with van der Waals surface area (Å²) in [7, 11) is 0. The minimum absolute atomic E-state index is 0.0199. The minimum Gasteiger partial charge on any atom is -0.300 e. The number of nitrogens with zero attached hydrogens (tertiary/aromatic N) is 2. The number of aromatic nitrogens is 2. The molecule has 0 fully saturated rings. The lowest BCUT2D eigenvalue weighted by Gasteiger charge is -2.10. The Kier molecular flexibility index (Phi) is 2.94. The predicted octanol–water partition coefficient (Wildman–Crippen LogP) is 4.07. The van der Waals surface area contributed by atoms with Crippen molar-refractivity contribution in [1.29, 1.82) is 0 Å². The van der Waals surface area contributed by atoms with E-state index < -0.39 is 0 Å². The Balaban J connectivity index is 2.83. The molecular formula is C13H17ClN2. The van der Waals surface area contributed by atoms with Gasteiger partial charge in [0.25, 0.3) is 0 Å². The van der Waals surface area contributed by atoms with Gasteiger partial charge in [-0.1, -0.05) is 19.9 Å². The first kappa shape index (κ1) is 11.5. The van der Waals surface area contributed by atoms with Gasteiger partial charge in [-0.15, -0.1) is 11.6 Å². The van der Waals surface area contributed by atoms with E-state index in [1.54, 1.807) is 0 Å². The number of imidazole rings is 1. The molecule has 2 heterocycles. The van der Waals surface area contributed by atoms with Crippen LogP contribution in [-0.2, 0) is 0 Å². The van der Waals surface area contributed by atoms with Crippen LogP contribution in [0.4, 0.5) is 0 Å². The SMILES string of the molecule is Cc1cccc2nc(C(C)C)c(C(C)Cl)n12. The molecule has 1 unspecified atom stereocenters. The molecule has 2 rings (SSSR count). The van der Waals surface area contributed by atoms with Crippen LogP contribution in [-0.4, -0.2) is 9.38 Å². The Hall–Kier alpha value is -1.02. The summed E-state index contributed by atoms with van der Waals surface area (Å²) in [6, 6.07) is 6.15. The van der Waals surface area contributed by atoms with Gasteiger partial charge in [-0.05, 0) is 31.9 Å². The Morgan fingerprint density at radius 2 is 1.94 bits per heavy atom. The third-order valence-corrected chi connectivity index (χ3v) is 3.03. The lowest BCUT2D eigenvalue weighted by molar-refractivity contribution is 0.796. The second-order valence-electron chi connectivity index (χ2n) is 4.51. The topological polar surface area (TPSA) is 17.3 Å². The van der Waals surface area contributed by atoms with Crippen molar-refractivity contribution in [2.24, 2.45) is 0 Å². The molecule has 0 bridgehead atoms. The molecule has 0 saturated heterocycles. The summed E-state index contributed by atoms with van der Waals surface area (Å²) in [6.45, 7) is 8.39. The number of rotatable bonds is 2. The summed E-state index contributed by atoms with van der Waals surface area (Å²) in [6.07, 6.45) is 0. The quantitative estimate of drug-likeness (QED) is 0.719. The van der Waals surface area contributed by atoms with Gasteiger partial charge < -0.3 is 0 Å². The first-order chi connectivity index (χ1) is 7.52. The molecule has 0 aliphatic heterocycles. The predicted molar refractivity (Wildman–Crippen MR) is 68.3 cm³/mol. The monoisotopic (exact) mass is 236 g/mol. The fraction of sp³-hybridized carbons (Fsp3) is 0.462. The number of pyridine rings is 1. The second-order valence-corrected chi connectivity index (χ2v) is 5.17. The maximum absolute atomic E-state index is 6.28. The number of halogens is 1. The molecule has 0 amide bonds. The van der Waals surface area contributed by atoms with Gasteiger partial charge in [-0.2, -0.15) is 0 Å². The van der Waals surface area contributed by atoms with Crippen molar-refractivity contribution in [3.05, 3.63) is 35.3 Å². The summed E-state index contributed by atoms with van der Waals surface area (Å²) >= 11 is 6.28. The van der Waals surface area contributed by atoms with Crippen molar-refractivity contribution in [3.8, 4) is 0 Å². The van der Waals surface area contributed by atoms with Crippen LogP contribution >= 0.6 is 11.6 Å². The van der Waals surface area contributed by atoms with Crippen LogP contribution in [0.5, 0.6) is 0 Å². The molecule has 2 aromatic heterocycles. The van der Waals surface area contributed by atoms with Crippen LogP contribution in [0.2, 0.25) is 0 Å². The van der Waals surface area contributed by atoms with Crippen molar-refractivity contribution in [1.82, 2.24) is 9.38 Å². The highest BCUT2D eigenvalue weighted by Gasteiger charge is 2.19. The first-order valence-electron chi connectivity index (χ1n) is 5.64. The molecule has 0 N–H and O–H groups in total. The van der Waals surface area contributed by atoms with Gasteiger partial charge in [0.15, 0.2) is 0 Å². The maximum Gasteiger partial charge on any atom is 0.137 e.